The van der Waals surface area contributed by atoms with E-state index in [1.54, 1.807) is 21.6 Å². The first-order chi connectivity index (χ1) is 33.1. The Morgan fingerprint density at radius 2 is 1.64 bits per heavy atom. The van der Waals surface area contributed by atoms with E-state index < -0.39 is 5.54 Å². The normalized spacial score (nSPS) is 23.0. The maximum Gasteiger partial charge on any atom is 0.251 e. The van der Waals surface area contributed by atoms with Gasteiger partial charge in [0.05, 0.1) is 22.6 Å². The number of anilines is 1. The zero-order valence-electron chi connectivity index (χ0n) is 42.1. The number of unbranched alkanes of at least 4 members (excludes halogenated alkanes) is 3. The van der Waals surface area contributed by atoms with Crippen molar-refractivity contribution >= 4 is 72.8 Å². The number of fused-ring (bicyclic) bond motifs is 8. The van der Waals surface area contributed by atoms with Crippen molar-refractivity contribution in [3.63, 3.8) is 0 Å². The van der Waals surface area contributed by atoms with Crippen molar-refractivity contribution in [2.45, 2.75) is 173 Å². The molecule has 6 unspecified atom stereocenters. The van der Waals surface area contributed by atoms with Gasteiger partial charge < -0.3 is 36.3 Å². The molecule has 3 amide bonds. The van der Waals surface area contributed by atoms with Gasteiger partial charge in [-0.15, -0.1) is 0 Å². The van der Waals surface area contributed by atoms with Crippen molar-refractivity contribution in [2.24, 2.45) is 17.3 Å². The molecule has 376 valence electrons. The van der Waals surface area contributed by atoms with E-state index in [1.165, 1.54) is 44.9 Å². The fourth-order valence-electron chi connectivity index (χ4n) is 11.5. The number of nitrogen functional groups attached to an aromatic ring is 1. The van der Waals surface area contributed by atoms with Crippen LogP contribution in [0.5, 0.6) is 0 Å². The highest BCUT2D eigenvalue weighted by Gasteiger charge is 2.68. The fourth-order valence-corrected chi connectivity index (χ4v) is 13.8. The minimum Gasteiger partial charge on any atom is -0.382 e. The smallest absolute Gasteiger partial charge is 0.251 e. The largest absolute Gasteiger partial charge is 0.382 e. The van der Waals surface area contributed by atoms with Gasteiger partial charge in [-0.2, -0.15) is 0 Å². The molecule has 69 heavy (non-hydrogen) atoms. The van der Waals surface area contributed by atoms with Crippen LogP contribution in [-0.4, -0.2) is 80.6 Å². The summed E-state index contributed by atoms with van der Waals surface area (Å²) in [6, 6.07) is 15.6. The number of rotatable bonds is 24. The van der Waals surface area contributed by atoms with E-state index in [4.69, 9.17) is 15.5 Å². The molecule has 7 rings (SSSR count). The molecule has 2 aliphatic carbocycles. The Labute approximate surface area is 418 Å². The highest BCUT2D eigenvalue weighted by atomic mass is 33.1. The molecule has 6 N–H and O–H groups in total. The van der Waals surface area contributed by atoms with E-state index in [9.17, 15) is 19.2 Å². The summed E-state index contributed by atoms with van der Waals surface area (Å²) in [5, 5.41) is 14.4. The molecule has 1 saturated heterocycles. The molecule has 2 saturated carbocycles. The van der Waals surface area contributed by atoms with E-state index >= 15 is 0 Å². The molecule has 6 atom stereocenters. The SMILES string of the molecule is CCOCc1nc2c(N)nc3ccccc3c2n1CC(C)(C)NC(=O)CCCCCNC(=O)CCSSC(C)c1ccc(C(=O)NCCCCC2NC3(C)C4CCCCCCC(C4)C3(C)C2=O)cc1. The van der Waals surface area contributed by atoms with E-state index in [0.717, 1.165) is 66.3 Å². The van der Waals surface area contributed by atoms with E-state index in [2.05, 4.69) is 51.6 Å². The molecule has 3 heterocycles. The fraction of sp³-hybridized carbons (Fsp3) is 0.630. The van der Waals surface area contributed by atoms with Gasteiger partial charge in [0.25, 0.3) is 5.91 Å². The summed E-state index contributed by atoms with van der Waals surface area (Å²) in [7, 11) is 3.41. The summed E-state index contributed by atoms with van der Waals surface area (Å²) in [5.74, 6) is 3.26. The van der Waals surface area contributed by atoms with Crippen LogP contribution in [-0.2, 0) is 32.3 Å². The van der Waals surface area contributed by atoms with Crippen LogP contribution in [0.1, 0.15) is 165 Å². The molecular formula is C54H78N8O5S2. The molecule has 2 aromatic carbocycles. The van der Waals surface area contributed by atoms with Crippen LogP contribution < -0.4 is 27.0 Å². The highest BCUT2D eigenvalue weighted by molar-refractivity contribution is 8.76. The number of Topliss-reactive ketones (excluding diaryl/α,β-unsaturated/α-hetero) is 1. The minimum atomic E-state index is -0.579. The summed E-state index contributed by atoms with van der Waals surface area (Å²) >= 11 is 0. The topological polar surface area (TPSA) is 182 Å². The lowest BCUT2D eigenvalue weighted by molar-refractivity contribution is -0.129. The first-order valence-electron chi connectivity index (χ1n) is 25.8. The van der Waals surface area contributed by atoms with Crippen molar-refractivity contribution in [3.05, 3.63) is 65.5 Å². The Bertz CT molecular complexity index is 2410. The second-order valence-corrected chi connectivity index (χ2v) is 23.7. The van der Waals surface area contributed by atoms with Gasteiger partial charge in [-0.3, -0.25) is 19.2 Å². The third-order valence-electron chi connectivity index (χ3n) is 15.5. The molecule has 3 fully saturated rings. The maximum atomic E-state index is 13.9. The number of amides is 3. The number of nitrogens with two attached hydrogens (primary N) is 1. The number of aromatic nitrogens is 3. The van der Waals surface area contributed by atoms with E-state index in [0.29, 0.717) is 86.0 Å². The highest BCUT2D eigenvalue weighted by Crippen LogP contribution is 2.61. The molecule has 4 aromatic rings. The number of para-hydroxylation sites is 1. The lowest BCUT2D eigenvalue weighted by atomic mass is 9.65. The Hall–Kier alpha value is -4.18. The molecule has 13 nitrogen and oxygen atoms in total. The third-order valence-corrected chi connectivity index (χ3v) is 18.3. The predicted octanol–water partition coefficient (Wildman–Crippen LogP) is 10.0. The Morgan fingerprint density at radius 3 is 2.41 bits per heavy atom. The van der Waals surface area contributed by atoms with E-state index in [1.807, 2.05) is 69.3 Å². The molecule has 2 aromatic heterocycles. The van der Waals surface area contributed by atoms with Gasteiger partial charge in [0.2, 0.25) is 11.8 Å². The quantitative estimate of drug-likeness (QED) is 0.0333. The lowest BCUT2D eigenvalue weighted by Gasteiger charge is -2.40. The van der Waals surface area contributed by atoms with Crippen molar-refractivity contribution in [3.8, 4) is 0 Å². The number of carbonyl (C=O) groups is 4. The number of nitrogens with zero attached hydrogens (tertiary/aromatic N) is 3. The number of hydrogen-bond donors (Lipinski definition) is 5. The maximum absolute atomic E-state index is 13.9. The third kappa shape index (κ3) is 12.5. The molecule has 2 bridgehead atoms. The Balaban J connectivity index is 0.732. The standard InChI is InChI=1S/C54H78N8O5S2/c1-7-67-34-44-59-47-48(41-21-14-15-22-42(41)58-50(47)55)62(44)35-52(3,4)61-46(64)24-13-10-17-30-56-45(63)29-32-68-69-36(2)37-25-27-38(28-26-37)51(66)57-31-18-16-23-43-49(65)53(5)39-19-11-8-9-12-20-40(33-39)54(53,6)60-43/h14-15,21-22,25-28,36,39-40,43,60H,7-13,16-20,23-24,29-35H2,1-6H3,(H2,55,58)(H,56,63)(H,57,66)(H,61,64). The zero-order chi connectivity index (χ0) is 49.2. The summed E-state index contributed by atoms with van der Waals surface area (Å²) in [4.78, 5) is 62.0. The number of carbonyl (C=O) groups excluding carboxylic acids is 4. The first-order valence-corrected chi connectivity index (χ1v) is 28.2. The van der Waals surface area contributed by atoms with Crippen LogP contribution in [0.15, 0.2) is 48.5 Å². The molecule has 15 heteroatoms. The number of pyridine rings is 1. The predicted molar refractivity (Wildman–Crippen MR) is 282 cm³/mol. The average Bonchev–Trinajstić information content (AvgIpc) is 3.90. The summed E-state index contributed by atoms with van der Waals surface area (Å²) in [5.41, 5.74) is 9.50. The van der Waals surface area contributed by atoms with Crippen molar-refractivity contribution < 1.29 is 23.9 Å². The number of imidazole rings is 1. The van der Waals surface area contributed by atoms with Gasteiger partial charge in [0.15, 0.2) is 11.6 Å². The Morgan fingerprint density at radius 1 is 0.913 bits per heavy atom. The number of ether oxygens (including phenoxy) is 1. The Kier molecular flexibility index (Phi) is 18.2. The molecule has 3 aliphatic rings. The number of hydrogen-bond acceptors (Lipinski definition) is 11. The summed E-state index contributed by atoms with van der Waals surface area (Å²) in [6.07, 6.45) is 14.5. The zero-order valence-corrected chi connectivity index (χ0v) is 43.7. The van der Waals surface area contributed by atoms with Gasteiger partial charge in [-0.25, -0.2) is 9.97 Å². The minimum absolute atomic E-state index is 0.0158. The van der Waals surface area contributed by atoms with Crippen LogP contribution in [0.25, 0.3) is 21.9 Å². The van der Waals surface area contributed by atoms with Crippen molar-refractivity contribution in [1.29, 1.82) is 0 Å². The second-order valence-electron chi connectivity index (χ2n) is 20.8. The monoisotopic (exact) mass is 983 g/mol. The molecule has 0 radical (unpaired) electrons. The van der Waals surface area contributed by atoms with Gasteiger partial charge in [0, 0.05) is 72.0 Å². The first kappa shape index (κ1) is 52.6. The van der Waals surface area contributed by atoms with Crippen LogP contribution in [0.4, 0.5) is 5.82 Å². The van der Waals surface area contributed by atoms with Crippen molar-refractivity contribution in [2.75, 3.05) is 31.2 Å². The van der Waals surface area contributed by atoms with Gasteiger partial charge in [-0.1, -0.05) is 90.9 Å². The van der Waals surface area contributed by atoms with Crippen LogP contribution in [0.2, 0.25) is 0 Å². The van der Waals surface area contributed by atoms with Crippen LogP contribution >= 0.6 is 21.6 Å². The average molecular weight is 983 g/mol. The van der Waals surface area contributed by atoms with E-state index in [-0.39, 0.29) is 40.0 Å². The number of nitrogens with one attached hydrogen (secondary N) is 4. The van der Waals surface area contributed by atoms with Gasteiger partial charge in [-0.05, 0) is 122 Å². The molecular weight excluding hydrogens is 905 g/mol. The summed E-state index contributed by atoms with van der Waals surface area (Å²) < 4.78 is 7.86. The van der Waals surface area contributed by atoms with Gasteiger partial charge >= 0.3 is 0 Å². The van der Waals surface area contributed by atoms with Crippen LogP contribution in [0.3, 0.4) is 0 Å². The summed E-state index contributed by atoms with van der Waals surface area (Å²) in [6.45, 7) is 15.2. The number of ketones is 1. The second kappa shape index (κ2) is 23.8. The molecule has 0 spiro atoms. The number of benzene rings is 2. The van der Waals surface area contributed by atoms with Crippen LogP contribution in [0, 0.1) is 17.3 Å². The lowest BCUT2D eigenvalue weighted by Crippen LogP contribution is -2.52. The van der Waals surface area contributed by atoms with Gasteiger partial charge in [0.1, 0.15) is 17.9 Å². The molecule has 1 aliphatic heterocycles. The van der Waals surface area contributed by atoms with Crippen molar-refractivity contribution in [1.82, 2.24) is 35.8 Å².